The van der Waals surface area contributed by atoms with Gasteiger partial charge in [0.2, 0.25) is 0 Å². The number of nitrogens with one attached hydrogen (secondary N) is 1. The normalized spacial score (nSPS) is 10.1. The van der Waals surface area contributed by atoms with Crippen LogP contribution in [0, 0.1) is 11.8 Å². The van der Waals surface area contributed by atoms with E-state index in [1.165, 1.54) is 0 Å². The summed E-state index contributed by atoms with van der Waals surface area (Å²) in [4.78, 5) is 0. The van der Waals surface area contributed by atoms with E-state index < -0.39 is 0 Å². The molecule has 0 bridgehead atoms. The topological polar surface area (TPSA) is 52.0 Å². The standard InChI is InChI=1S/C13H22N4O/c1-2-3-4-7-14-8-5-6-12-18-13-11-17-10-9-15-16-17/h9-10,14H,4-8,11-13H2,1H3. The van der Waals surface area contributed by atoms with Gasteiger partial charge in [-0.2, -0.15) is 0 Å². The van der Waals surface area contributed by atoms with Crippen LogP contribution < -0.4 is 5.32 Å². The minimum absolute atomic E-state index is 0.697. The minimum Gasteiger partial charge on any atom is -0.380 e. The molecule has 0 aliphatic rings. The second-order valence-electron chi connectivity index (χ2n) is 3.91. The molecule has 0 atom stereocenters. The van der Waals surface area contributed by atoms with Crippen molar-refractivity contribution >= 4 is 0 Å². The first-order valence-electron chi connectivity index (χ1n) is 6.45. The van der Waals surface area contributed by atoms with E-state index in [-0.39, 0.29) is 0 Å². The zero-order valence-electron chi connectivity index (χ0n) is 11.1. The Morgan fingerprint density at radius 1 is 1.28 bits per heavy atom. The molecule has 1 aromatic heterocycles. The predicted octanol–water partition coefficient (Wildman–Crippen LogP) is 1.08. The summed E-state index contributed by atoms with van der Waals surface area (Å²) >= 11 is 0. The van der Waals surface area contributed by atoms with Gasteiger partial charge in [0, 0.05) is 25.8 Å². The number of rotatable bonds is 10. The van der Waals surface area contributed by atoms with Gasteiger partial charge in [-0.1, -0.05) is 5.21 Å². The van der Waals surface area contributed by atoms with Crippen LogP contribution in [0.2, 0.25) is 0 Å². The Morgan fingerprint density at radius 2 is 2.22 bits per heavy atom. The molecule has 0 saturated carbocycles. The van der Waals surface area contributed by atoms with E-state index >= 15 is 0 Å². The molecule has 0 amide bonds. The van der Waals surface area contributed by atoms with Crippen molar-refractivity contribution in [2.75, 3.05) is 26.3 Å². The quantitative estimate of drug-likeness (QED) is 0.499. The summed E-state index contributed by atoms with van der Waals surface area (Å²) in [5.74, 6) is 5.91. The van der Waals surface area contributed by atoms with Crippen LogP contribution in [0.1, 0.15) is 26.2 Å². The Kier molecular flexibility index (Phi) is 8.77. The summed E-state index contributed by atoms with van der Waals surface area (Å²) in [6.07, 6.45) is 6.68. The number of hydrogen-bond acceptors (Lipinski definition) is 4. The first-order valence-corrected chi connectivity index (χ1v) is 6.45. The lowest BCUT2D eigenvalue weighted by Crippen LogP contribution is -2.16. The molecule has 0 aromatic carbocycles. The molecule has 1 heterocycles. The maximum absolute atomic E-state index is 5.51. The van der Waals surface area contributed by atoms with Gasteiger partial charge in [0.1, 0.15) is 0 Å². The molecule has 0 saturated heterocycles. The summed E-state index contributed by atoms with van der Waals surface area (Å²) < 4.78 is 7.29. The number of unbranched alkanes of at least 4 members (excludes halogenated alkanes) is 1. The molecule has 5 nitrogen and oxygen atoms in total. The molecular weight excluding hydrogens is 228 g/mol. The van der Waals surface area contributed by atoms with Crippen molar-refractivity contribution in [1.29, 1.82) is 0 Å². The van der Waals surface area contributed by atoms with Crippen molar-refractivity contribution in [3.05, 3.63) is 12.4 Å². The fourth-order valence-electron chi connectivity index (χ4n) is 1.47. The van der Waals surface area contributed by atoms with E-state index in [0.29, 0.717) is 6.61 Å². The van der Waals surface area contributed by atoms with Gasteiger partial charge in [0.15, 0.2) is 0 Å². The smallest absolute Gasteiger partial charge is 0.0692 e. The van der Waals surface area contributed by atoms with Gasteiger partial charge in [0.25, 0.3) is 0 Å². The lowest BCUT2D eigenvalue weighted by atomic mass is 10.3. The number of aromatic nitrogens is 3. The number of ether oxygens (including phenoxy) is 1. The average Bonchev–Trinajstić information content (AvgIpc) is 2.89. The molecule has 0 aliphatic carbocycles. The molecule has 0 fully saturated rings. The predicted molar refractivity (Wildman–Crippen MR) is 71.0 cm³/mol. The third kappa shape index (κ3) is 7.82. The van der Waals surface area contributed by atoms with Crippen molar-refractivity contribution in [3.63, 3.8) is 0 Å². The van der Waals surface area contributed by atoms with Crippen LogP contribution >= 0.6 is 0 Å². The lowest BCUT2D eigenvalue weighted by Gasteiger charge is -2.04. The zero-order valence-corrected chi connectivity index (χ0v) is 11.1. The summed E-state index contributed by atoms with van der Waals surface area (Å²) in [5.41, 5.74) is 0. The molecule has 0 spiro atoms. The Bertz CT molecular complexity index is 340. The van der Waals surface area contributed by atoms with Gasteiger partial charge >= 0.3 is 0 Å². The molecular formula is C13H22N4O. The summed E-state index contributed by atoms with van der Waals surface area (Å²) in [5, 5.41) is 10.9. The van der Waals surface area contributed by atoms with Gasteiger partial charge in [-0.25, -0.2) is 0 Å². The summed E-state index contributed by atoms with van der Waals surface area (Å²) in [7, 11) is 0. The molecule has 100 valence electrons. The molecule has 5 heteroatoms. The van der Waals surface area contributed by atoms with Crippen LogP contribution in [0.5, 0.6) is 0 Å². The third-order valence-electron chi connectivity index (χ3n) is 2.43. The highest BCUT2D eigenvalue weighted by Crippen LogP contribution is 1.90. The van der Waals surface area contributed by atoms with Crippen LogP contribution in [-0.2, 0) is 11.3 Å². The first kappa shape index (κ1) is 14.7. The SMILES string of the molecule is CC#CCCNCCCCOCCn1ccnn1. The summed E-state index contributed by atoms with van der Waals surface area (Å²) in [6.45, 7) is 6.17. The monoisotopic (exact) mass is 250 g/mol. The fourth-order valence-corrected chi connectivity index (χ4v) is 1.47. The van der Waals surface area contributed by atoms with Crippen LogP contribution in [0.25, 0.3) is 0 Å². The van der Waals surface area contributed by atoms with Crippen LogP contribution in [0.15, 0.2) is 12.4 Å². The molecule has 0 radical (unpaired) electrons. The molecule has 18 heavy (non-hydrogen) atoms. The van der Waals surface area contributed by atoms with Crippen molar-refractivity contribution < 1.29 is 4.74 Å². The van der Waals surface area contributed by atoms with Crippen LogP contribution in [0.3, 0.4) is 0 Å². The second kappa shape index (κ2) is 10.8. The van der Waals surface area contributed by atoms with E-state index in [1.54, 1.807) is 10.9 Å². The largest absolute Gasteiger partial charge is 0.380 e. The van der Waals surface area contributed by atoms with Crippen molar-refractivity contribution in [2.45, 2.75) is 32.7 Å². The first-order chi connectivity index (χ1) is 8.93. The van der Waals surface area contributed by atoms with Gasteiger partial charge in [-0.3, -0.25) is 4.68 Å². The van der Waals surface area contributed by atoms with Crippen molar-refractivity contribution in [3.8, 4) is 11.8 Å². The Balaban J connectivity index is 1.77. The molecule has 1 aromatic rings. The molecule has 0 unspecified atom stereocenters. The van der Waals surface area contributed by atoms with Gasteiger partial charge in [-0.05, 0) is 26.3 Å². The lowest BCUT2D eigenvalue weighted by molar-refractivity contribution is 0.120. The van der Waals surface area contributed by atoms with E-state index in [9.17, 15) is 0 Å². The van der Waals surface area contributed by atoms with Crippen LogP contribution in [-0.4, -0.2) is 41.3 Å². The number of hydrogen-bond donors (Lipinski definition) is 1. The highest BCUT2D eigenvalue weighted by molar-refractivity contribution is 4.94. The van der Waals surface area contributed by atoms with E-state index in [4.69, 9.17) is 4.74 Å². The van der Waals surface area contributed by atoms with E-state index in [1.807, 2.05) is 13.1 Å². The summed E-state index contributed by atoms with van der Waals surface area (Å²) in [6, 6.07) is 0. The van der Waals surface area contributed by atoms with Crippen LogP contribution in [0.4, 0.5) is 0 Å². The Morgan fingerprint density at radius 3 is 3.00 bits per heavy atom. The molecule has 0 aliphatic heterocycles. The highest BCUT2D eigenvalue weighted by Gasteiger charge is 1.93. The maximum Gasteiger partial charge on any atom is 0.0692 e. The zero-order chi connectivity index (χ0) is 12.9. The van der Waals surface area contributed by atoms with Crippen molar-refractivity contribution in [1.82, 2.24) is 20.3 Å². The van der Waals surface area contributed by atoms with Crippen molar-refractivity contribution in [2.24, 2.45) is 0 Å². The second-order valence-corrected chi connectivity index (χ2v) is 3.91. The molecule has 1 rings (SSSR count). The van der Waals surface area contributed by atoms with E-state index in [2.05, 4.69) is 27.5 Å². The van der Waals surface area contributed by atoms with E-state index in [0.717, 1.165) is 45.5 Å². The Hall–Kier alpha value is -1.38. The third-order valence-corrected chi connectivity index (χ3v) is 2.43. The van der Waals surface area contributed by atoms with Gasteiger partial charge in [0.05, 0.1) is 19.3 Å². The molecule has 1 N–H and O–H groups in total. The Labute approximate surface area is 109 Å². The maximum atomic E-state index is 5.51. The number of nitrogens with zero attached hydrogens (tertiary/aromatic N) is 3. The fraction of sp³-hybridized carbons (Fsp3) is 0.692. The van der Waals surface area contributed by atoms with Gasteiger partial charge < -0.3 is 10.1 Å². The highest BCUT2D eigenvalue weighted by atomic mass is 16.5. The average molecular weight is 250 g/mol. The minimum atomic E-state index is 0.697. The van der Waals surface area contributed by atoms with Gasteiger partial charge in [-0.15, -0.1) is 16.9 Å².